The van der Waals surface area contributed by atoms with Gasteiger partial charge in [0.05, 0.1) is 0 Å². The summed E-state index contributed by atoms with van der Waals surface area (Å²) >= 11 is 2.19. The Morgan fingerprint density at radius 3 is 2.25 bits per heavy atom. The molecule has 0 aliphatic carbocycles. The van der Waals surface area contributed by atoms with Gasteiger partial charge in [-0.2, -0.15) is 0 Å². The fraction of sp³-hybridized carbons (Fsp3) is 0.333. The molecule has 1 unspecified atom stereocenters. The Kier molecular flexibility index (Phi) is 8.22. The predicted octanol–water partition coefficient (Wildman–Crippen LogP) is 3.75. The second-order valence-corrected chi connectivity index (χ2v) is 7.98. The lowest BCUT2D eigenvalue weighted by molar-refractivity contribution is -0.142. The third-order valence-corrected chi connectivity index (χ3v) is 4.76. The smallest absolute Gasteiger partial charge is 0.261 e. The fourth-order valence-electron chi connectivity index (χ4n) is 2.53. The monoisotopic (exact) mass is 498 g/mol. The quantitative estimate of drug-likeness (QED) is 0.565. The summed E-state index contributed by atoms with van der Waals surface area (Å²) < 4.78 is 19.8. The average molecular weight is 498 g/mol. The van der Waals surface area contributed by atoms with Gasteiger partial charge in [-0.15, -0.1) is 0 Å². The number of rotatable bonds is 8. The van der Waals surface area contributed by atoms with Crippen molar-refractivity contribution in [3.05, 3.63) is 63.5 Å². The molecule has 0 fully saturated rings. The van der Waals surface area contributed by atoms with Crippen LogP contribution in [-0.4, -0.2) is 35.4 Å². The van der Waals surface area contributed by atoms with Gasteiger partial charge in [-0.1, -0.05) is 12.1 Å². The van der Waals surface area contributed by atoms with E-state index >= 15 is 0 Å². The van der Waals surface area contributed by atoms with E-state index in [4.69, 9.17) is 4.74 Å². The Morgan fingerprint density at radius 2 is 1.68 bits per heavy atom. The van der Waals surface area contributed by atoms with Crippen molar-refractivity contribution >= 4 is 34.4 Å². The molecular formula is C21H24FIN2O3. The van der Waals surface area contributed by atoms with E-state index in [1.54, 1.807) is 31.2 Å². The van der Waals surface area contributed by atoms with Crippen LogP contribution < -0.4 is 10.1 Å². The molecule has 28 heavy (non-hydrogen) atoms. The predicted molar refractivity (Wildman–Crippen MR) is 114 cm³/mol. The van der Waals surface area contributed by atoms with Crippen LogP contribution in [0.5, 0.6) is 5.75 Å². The van der Waals surface area contributed by atoms with Gasteiger partial charge in [0, 0.05) is 16.2 Å². The number of carbonyl (C=O) groups is 2. The summed E-state index contributed by atoms with van der Waals surface area (Å²) in [6.45, 7) is 5.38. The zero-order valence-corrected chi connectivity index (χ0v) is 18.3. The van der Waals surface area contributed by atoms with Gasteiger partial charge in [-0.3, -0.25) is 9.59 Å². The van der Waals surface area contributed by atoms with Crippen molar-refractivity contribution in [1.82, 2.24) is 10.2 Å². The summed E-state index contributed by atoms with van der Waals surface area (Å²) in [6.07, 6.45) is 0. The molecule has 5 nitrogen and oxygen atoms in total. The standard InChI is InChI=1S/C21H24FIN2O3/c1-14(2)24-21(27)15(3)25(12-16-4-6-17(22)7-5-16)20(26)13-28-19-10-8-18(23)9-11-19/h4-11,14-15H,12-13H2,1-3H3,(H,24,27). The molecule has 1 atom stereocenters. The fourth-order valence-corrected chi connectivity index (χ4v) is 2.89. The normalized spacial score (nSPS) is 11.8. The summed E-state index contributed by atoms with van der Waals surface area (Å²) in [6, 6.07) is 12.5. The molecular weight excluding hydrogens is 474 g/mol. The first-order valence-corrected chi connectivity index (χ1v) is 10.1. The van der Waals surface area contributed by atoms with Crippen LogP contribution in [0.4, 0.5) is 4.39 Å². The number of nitrogens with zero attached hydrogens (tertiary/aromatic N) is 1. The zero-order chi connectivity index (χ0) is 20.7. The molecule has 0 radical (unpaired) electrons. The van der Waals surface area contributed by atoms with Crippen LogP contribution in [-0.2, 0) is 16.1 Å². The Labute approximate surface area is 178 Å². The van der Waals surface area contributed by atoms with Gasteiger partial charge in [0.2, 0.25) is 5.91 Å². The molecule has 2 amide bonds. The molecule has 2 rings (SSSR count). The second-order valence-electron chi connectivity index (χ2n) is 6.73. The number of nitrogens with one attached hydrogen (secondary N) is 1. The van der Waals surface area contributed by atoms with Crippen molar-refractivity contribution in [2.75, 3.05) is 6.61 Å². The third-order valence-electron chi connectivity index (χ3n) is 4.04. The number of benzene rings is 2. The van der Waals surface area contributed by atoms with Crippen molar-refractivity contribution in [3.63, 3.8) is 0 Å². The Bertz CT molecular complexity index is 794. The maximum absolute atomic E-state index is 13.2. The van der Waals surface area contributed by atoms with E-state index in [1.165, 1.54) is 17.0 Å². The van der Waals surface area contributed by atoms with Crippen molar-refractivity contribution in [2.24, 2.45) is 0 Å². The number of amides is 2. The van der Waals surface area contributed by atoms with E-state index in [0.717, 1.165) is 9.13 Å². The molecule has 2 aromatic rings. The van der Waals surface area contributed by atoms with E-state index in [9.17, 15) is 14.0 Å². The first-order valence-electron chi connectivity index (χ1n) is 8.99. The number of hydrogen-bond acceptors (Lipinski definition) is 3. The average Bonchev–Trinajstić information content (AvgIpc) is 2.65. The lowest BCUT2D eigenvalue weighted by Crippen LogP contribution is -2.50. The number of hydrogen-bond donors (Lipinski definition) is 1. The first kappa shape index (κ1) is 22.1. The second kappa shape index (κ2) is 10.4. The van der Waals surface area contributed by atoms with Crippen LogP contribution >= 0.6 is 22.6 Å². The molecule has 0 heterocycles. The highest BCUT2D eigenvalue weighted by molar-refractivity contribution is 14.1. The molecule has 2 aromatic carbocycles. The molecule has 1 N–H and O–H groups in total. The molecule has 0 spiro atoms. The largest absolute Gasteiger partial charge is 0.484 e. The van der Waals surface area contributed by atoms with Gasteiger partial charge in [0.25, 0.3) is 5.91 Å². The summed E-state index contributed by atoms with van der Waals surface area (Å²) in [4.78, 5) is 26.7. The highest BCUT2D eigenvalue weighted by Gasteiger charge is 2.26. The SMILES string of the molecule is CC(C)NC(=O)C(C)N(Cc1ccc(F)cc1)C(=O)COc1ccc(I)cc1. The van der Waals surface area contributed by atoms with Crippen molar-refractivity contribution < 1.29 is 18.7 Å². The molecule has 0 aromatic heterocycles. The highest BCUT2D eigenvalue weighted by atomic mass is 127. The van der Waals surface area contributed by atoms with Crippen molar-refractivity contribution in [1.29, 1.82) is 0 Å². The van der Waals surface area contributed by atoms with Crippen LogP contribution in [0.3, 0.4) is 0 Å². The van der Waals surface area contributed by atoms with Crippen molar-refractivity contribution in [2.45, 2.75) is 39.4 Å². The minimum Gasteiger partial charge on any atom is -0.484 e. The molecule has 7 heteroatoms. The van der Waals surface area contributed by atoms with Gasteiger partial charge in [0.1, 0.15) is 17.6 Å². The highest BCUT2D eigenvalue weighted by Crippen LogP contribution is 2.15. The van der Waals surface area contributed by atoms with E-state index in [1.807, 2.05) is 26.0 Å². The third kappa shape index (κ3) is 6.78. The Hall–Kier alpha value is -2.16. The van der Waals surface area contributed by atoms with Crippen LogP contribution in [0.2, 0.25) is 0 Å². The molecule has 0 saturated heterocycles. The van der Waals surface area contributed by atoms with E-state index in [0.29, 0.717) is 5.75 Å². The lowest BCUT2D eigenvalue weighted by atomic mass is 10.1. The maximum atomic E-state index is 13.2. The molecule has 0 aliphatic heterocycles. The van der Waals surface area contributed by atoms with E-state index in [-0.39, 0.29) is 36.8 Å². The number of carbonyl (C=O) groups excluding carboxylic acids is 2. The van der Waals surface area contributed by atoms with Crippen LogP contribution in [0, 0.1) is 9.39 Å². The first-order chi connectivity index (χ1) is 13.3. The van der Waals surface area contributed by atoms with Gasteiger partial charge in [-0.25, -0.2) is 4.39 Å². The Morgan fingerprint density at radius 1 is 1.07 bits per heavy atom. The summed E-state index contributed by atoms with van der Waals surface area (Å²) in [5, 5.41) is 2.82. The van der Waals surface area contributed by atoms with Crippen molar-refractivity contribution in [3.8, 4) is 5.75 Å². The topological polar surface area (TPSA) is 58.6 Å². The zero-order valence-electron chi connectivity index (χ0n) is 16.1. The van der Waals surface area contributed by atoms with Gasteiger partial charge < -0.3 is 15.0 Å². The van der Waals surface area contributed by atoms with E-state index in [2.05, 4.69) is 27.9 Å². The lowest BCUT2D eigenvalue weighted by Gasteiger charge is -2.29. The van der Waals surface area contributed by atoms with Gasteiger partial charge in [0.15, 0.2) is 6.61 Å². The van der Waals surface area contributed by atoms with Crippen LogP contribution in [0.25, 0.3) is 0 Å². The number of halogens is 2. The maximum Gasteiger partial charge on any atom is 0.261 e. The van der Waals surface area contributed by atoms with Crippen LogP contribution in [0.15, 0.2) is 48.5 Å². The summed E-state index contributed by atoms with van der Waals surface area (Å²) in [5.74, 6) is -0.349. The van der Waals surface area contributed by atoms with Gasteiger partial charge in [-0.05, 0) is 85.3 Å². The van der Waals surface area contributed by atoms with Crippen LogP contribution in [0.1, 0.15) is 26.3 Å². The summed E-state index contributed by atoms with van der Waals surface area (Å²) in [7, 11) is 0. The molecule has 0 bridgehead atoms. The number of ether oxygens (including phenoxy) is 1. The van der Waals surface area contributed by atoms with Gasteiger partial charge >= 0.3 is 0 Å². The molecule has 150 valence electrons. The minimum atomic E-state index is -0.694. The minimum absolute atomic E-state index is 0.0410. The molecule has 0 aliphatic rings. The summed E-state index contributed by atoms with van der Waals surface area (Å²) in [5.41, 5.74) is 0.730. The van der Waals surface area contributed by atoms with E-state index < -0.39 is 6.04 Å². The molecule has 0 saturated carbocycles. The Balaban J connectivity index is 2.12.